The van der Waals surface area contributed by atoms with Crippen LogP contribution in [-0.4, -0.2) is 14.9 Å². The van der Waals surface area contributed by atoms with E-state index >= 15 is 0 Å². The van der Waals surface area contributed by atoms with E-state index in [-0.39, 0.29) is 29.1 Å². The summed E-state index contributed by atoms with van der Waals surface area (Å²) in [5.41, 5.74) is -1.17. The number of nitrogens with zero attached hydrogens (tertiary/aromatic N) is 2. The van der Waals surface area contributed by atoms with Gasteiger partial charge in [-0.2, -0.15) is 13.2 Å². The first-order valence-electron chi connectivity index (χ1n) is 10.9. The first-order chi connectivity index (χ1) is 16.4. The van der Waals surface area contributed by atoms with Crippen LogP contribution in [0.15, 0.2) is 46.0 Å². The van der Waals surface area contributed by atoms with Gasteiger partial charge in [0.2, 0.25) is 0 Å². The highest BCUT2D eigenvalue weighted by Crippen LogP contribution is 2.42. The maximum absolute atomic E-state index is 13.7. The first kappa shape index (κ1) is 25.1. The molecule has 10 heteroatoms. The second-order valence-electron chi connectivity index (χ2n) is 8.78. The lowest BCUT2D eigenvalue weighted by Crippen LogP contribution is -2.38. The molecule has 0 aliphatic carbocycles. The first-order valence-corrected chi connectivity index (χ1v) is 12.5. The van der Waals surface area contributed by atoms with Gasteiger partial charge in [0, 0.05) is 35.3 Å². The van der Waals surface area contributed by atoms with Crippen LogP contribution in [0.2, 0.25) is 0 Å². The SMILES string of the molecule is CC(=O)c1ccc(-c2c(Cc3ccccc3C(F)(F)F)sc3c2c(=O)n(C)c(=O)n3CC(C)C)s1. The number of Topliss-reactive ketones (excluding diaryl/α,β-unsaturated/α-hetero) is 1. The lowest BCUT2D eigenvalue weighted by Gasteiger charge is -2.12. The van der Waals surface area contributed by atoms with Crippen molar-refractivity contribution >= 4 is 38.7 Å². The maximum Gasteiger partial charge on any atom is 0.416 e. The van der Waals surface area contributed by atoms with Crippen molar-refractivity contribution in [3.63, 3.8) is 0 Å². The predicted molar refractivity (Wildman–Crippen MR) is 134 cm³/mol. The van der Waals surface area contributed by atoms with Gasteiger partial charge in [0.25, 0.3) is 5.56 Å². The van der Waals surface area contributed by atoms with Crippen molar-refractivity contribution in [2.24, 2.45) is 13.0 Å². The summed E-state index contributed by atoms with van der Waals surface area (Å²) >= 11 is 2.35. The topological polar surface area (TPSA) is 61.1 Å². The van der Waals surface area contributed by atoms with Gasteiger partial charge in [0.05, 0.1) is 15.8 Å². The average molecular weight is 521 g/mol. The lowest BCUT2D eigenvalue weighted by atomic mass is 10.0. The molecule has 0 aliphatic rings. The molecule has 3 aromatic heterocycles. The summed E-state index contributed by atoms with van der Waals surface area (Å²) in [7, 11) is 1.40. The van der Waals surface area contributed by atoms with Crippen molar-refractivity contribution in [3.8, 4) is 10.4 Å². The number of alkyl halides is 3. The highest BCUT2D eigenvalue weighted by atomic mass is 32.1. The Balaban J connectivity index is 2.07. The van der Waals surface area contributed by atoms with Crippen LogP contribution in [0.4, 0.5) is 13.2 Å². The Labute approximate surface area is 207 Å². The number of aromatic nitrogens is 2. The van der Waals surface area contributed by atoms with E-state index in [4.69, 9.17) is 0 Å². The third-order valence-electron chi connectivity index (χ3n) is 5.66. The Morgan fingerprint density at radius 2 is 1.74 bits per heavy atom. The lowest BCUT2D eigenvalue weighted by molar-refractivity contribution is -0.138. The summed E-state index contributed by atoms with van der Waals surface area (Å²) in [5, 5.41) is 0.286. The summed E-state index contributed by atoms with van der Waals surface area (Å²) < 4.78 is 43.7. The molecule has 0 N–H and O–H groups in total. The van der Waals surface area contributed by atoms with Crippen LogP contribution < -0.4 is 11.2 Å². The number of fused-ring (bicyclic) bond motifs is 1. The number of thiophene rings is 2. The highest BCUT2D eigenvalue weighted by molar-refractivity contribution is 7.21. The number of hydrogen-bond donors (Lipinski definition) is 0. The fourth-order valence-corrected chi connectivity index (χ4v) is 6.45. The standard InChI is InChI=1S/C25H23F3N2O3S2/c1-13(2)12-30-23-21(22(32)29(4)24(30)33)20(18-10-9-17(34-18)14(3)31)19(35-23)11-15-7-5-6-8-16(15)25(26,27)28/h5-10,13H,11-12H2,1-4H3. The summed E-state index contributed by atoms with van der Waals surface area (Å²) in [6.45, 7) is 5.67. The molecule has 5 nitrogen and oxygen atoms in total. The molecule has 1 aromatic carbocycles. The fourth-order valence-electron chi connectivity index (χ4n) is 4.07. The van der Waals surface area contributed by atoms with Crippen molar-refractivity contribution in [3.05, 3.63) is 78.1 Å². The van der Waals surface area contributed by atoms with Gasteiger partial charge in [0.1, 0.15) is 4.83 Å². The van der Waals surface area contributed by atoms with E-state index in [9.17, 15) is 27.6 Å². The van der Waals surface area contributed by atoms with E-state index in [0.29, 0.717) is 31.6 Å². The molecule has 0 fully saturated rings. The highest BCUT2D eigenvalue weighted by Gasteiger charge is 2.33. The van der Waals surface area contributed by atoms with Gasteiger partial charge in [-0.15, -0.1) is 22.7 Å². The normalized spacial score (nSPS) is 12.1. The Morgan fingerprint density at radius 3 is 2.34 bits per heavy atom. The van der Waals surface area contributed by atoms with Crippen LogP contribution in [0.5, 0.6) is 0 Å². The number of carbonyl (C=O) groups excluding carboxylic acids is 1. The predicted octanol–water partition coefficient (Wildman–Crippen LogP) is 5.96. The molecule has 0 saturated carbocycles. The van der Waals surface area contributed by atoms with Crippen molar-refractivity contribution in [1.29, 1.82) is 0 Å². The Kier molecular flexibility index (Phi) is 6.63. The molecule has 0 unspecified atom stereocenters. The third kappa shape index (κ3) is 4.64. The molecule has 3 heterocycles. The number of carbonyl (C=O) groups is 1. The van der Waals surface area contributed by atoms with Crippen molar-refractivity contribution < 1.29 is 18.0 Å². The quantitative estimate of drug-likeness (QED) is 0.295. The van der Waals surface area contributed by atoms with E-state index in [2.05, 4.69) is 0 Å². The molecule has 4 rings (SSSR count). The zero-order valence-electron chi connectivity index (χ0n) is 19.5. The minimum atomic E-state index is -4.53. The van der Waals surface area contributed by atoms with E-state index < -0.39 is 23.0 Å². The number of ketones is 1. The van der Waals surface area contributed by atoms with E-state index in [1.807, 2.05) is 13.8 Å². The smallest absolute Gasteiger partial charge is 0.294 e. The summed E-state index contributed by atoms with van der Waals surface area (Å²) in [5.74, 6) is -0.0474. The van der Waals surface area contributed by atoms with Gasteiger partial charge < -0.3 is 0 Å². The molecular weight excluding hydrogens is 497 g/mol. The monoisotopic (exact) mass is 520 g/mol. The summed E-state index contributed by atoms with van der Waals surface area (Å²) in [6.07, 6.45) is -4.61. The molecule has 0 saturated heterocycles. The van der Waals surface area contributed by atoms with Crippen LogP contribution in [0.3, 0.4) is 0 Å². The number of benzene rings is 1. The van der Waals surface area contributed by atoms with Gasteiger partial charge in [-0.1, -0.05) is 32.0 Å². The zero-order valence-corrected chi connectivity index (χ0v) is 21.2. The maximum atomic E-state index is 13.7. The van der Waals surface area contributed by atoms with Gasteiger partial charge >= 0.3 is 11.9 Å². The average Bonchev–Trinajstić information content (AvgIpc) is 3.40. The number of halogens is 3. The largest absolute Gasteiger partial charge is 0.416 e. The van der Waals surface area contributed by atoms with Crippen molar-refractivity contribution in [2.45, 2.75) is 39.9 Å². The molecule has 0 amide bonds. The van der Waals surface area contributed by atoms with Gasteiger partial charge in [0.15, 0.2) is 5.78 Å². The molecule has 35 heavy (non-hydrogen) atoms. The molecule has 4 aromatic rings. The van der Waals surface area contributed by atoms with Gasteiger partial charge in [-0.25, -0.2) is 4.79 Å². The minimum absolute atomic E-state index is 0.0727. The van der Waals surface area contributed by atoms with Crippen molar-refractivity contribution in [1.82, 2.24) is 9.13 Å². The Bertz CT molecular complexity index is 1550. The number of rotatable bonds is 6. The zero-order chi connectivity index (χ0) is 25.7. The molecular formula is C25H23F3N2O3S2. The van der Waals surface area contributed by atoms with E-state index in [1.54, 1.807) is 18.2 Å². The molecule has 184 valence electrons. The molecule has 0 aliphatic heterocycles. The summed E-state index contributed by atoms with van der Waals surface area (Å²) in [6, 6.07) is 8.70. The molecule has 0 radical (unpaired) electrons. The van der Waals surface area contributed by atoms with Gasteiger partial charge in [-0.3, -0.25) is 18.7 Å². The summed E-state index contributed by atoms with van der Waals surface area (Å²) in [4.78, 5) is 40.3. The van der Waals surface area contributed by atoms with Crippen LogP contribution in [0.25, 0.3) is 20.7 Å². The van der Waals surface area contributed by atoms with Crippen LogP contribution in [0, 0.1) is 5.92 Å². The molecule has 0 atom stereocenters. The third-order valence-corrected chi connectivity index (χ3v) is 8.08. The van der Waals surface area contributed by atoms with E-state index in [0.717, 1.165) is 22.0 Å². The van der Waals surface area contributed by atoms with Gasteiger partial charge in [-0.05, 0) is 36.6 Å². The number of hydrogen-bond acceptors (Lipinski definition) is 5. The fraction of sp³-hybridized carbons (Fsp3) is 0.320. The van der Waals surface area contributed by atoms with Crippen LogP contribution in [0.1, 0.15) is 46.4 Å². The Hall–Kier alpha value is -2.98. The minimum Gasteiger partial charge on any atom is -0.294 e. The molecule has 0 spiro atoms. The second kappa shape index (κ2) is 9.23. The van der Waals surface area contributed by atoms with E-state index in [1.165, 1.54) is 42.0 Å². The Morgan fingerprint density at radius 1 is 1.06 bits per heavy atom. The van der Waals surface area contributed by atoms with Crippen LogP contribution in [-0.2, 0) is 26.2 Å². The van der Waals surface area contributed by atoms with Crippen LogP contribution >= 0.6 is 22.7 Å². The second-order valence-corrected chi connectivity index (χ2v) is 11.0. The van der Waals surface area contributed by atoms with Crippen molar-refractivity contribution in [2.75, 3.05) is 0 Å². The molecule has 0 bridgehead atoms.